The molecule has 0 bridgehead atoms. The maximum Gasteiger partial charge on any atom is 0.286 e. The fourth-order valence-corrected chi connectivity index (χ4v) is 6.79. The maximum absolute atomic E-state index is 14.6. The number of aryl methyl sites for hydroxylation is 1. The Kier molecular flexibility index (Phi) is 11.2. The van der Waals surface area contributed by atoms with Gasteiger partial charge in [-0.3, -0.25) is 14.4 Å². The third kappa shape index (κ3) is 8.57. The molecule has 0 N–H and O–H groups in total. The lowest BCUT2D eigenvalue weighted by atomic mass is 9.98. The summed E-state index contributed by atoms with van der Waals surface area (Å²) in [5.41, 5.74) is 0.981. The van der Waals surface area contributed by atoms with Gasteiger partial charge in [0.2, 0.25) is 23.5 Å². The van der Waals surface area contributed by atoms with E-state index < -0.39 is 39.2 Å². The summed E-state index contributed by atoms with van der Waals surface area (Å²) in [4.78, 5) is 44.7. The summed E-state index contributed by atoms with van der Waals surface area (Å²) in [5.74, 6) is -3.54. The van der Waals surface area contributed by atoms with Gasteiger partial charge < -0.3 is 19.0 Å². The molecule has 2 aromatic carbocycles. The summed E-state index contributed by atoms with van der Waals surface area (Å²) in [5, 5.41) is 7.82. The van der Waals surface area contributed by atoms with E-state index in [1.54, 1.807) is 65.6 Å². The molecule has 1 fully saturated rings. The molecule has 0 radical (unpaired) electrons. The number of amides is 2. The largest absolute Gasteiger partial charge is 0.418 e. The van der Waals surface area contributed by atoms with Gasteiger partial charge in [-0.1, -0.05) is 68.8 Å². The standard InChI is InChI=1S/C31H38N4O7S/c1-3-11-26(29(37)30-33-32-27(4-2)42-30)35(25-14-9-6-10-15-25)31(38)24(20-28(36)34-16-18-41-19-17-34)22-43(39,40)21-23-12-7-5-8-13-23/h5-10,12-15,24,26H,3-4,11,16-22H2,1-2H3. The second kappa shape index (κ2) is 15.0. The van der Waals surface area contributed by atoms with Crippen molar-refractivity contribution in [2.45, 2.75) is 51.3 Å². The minimum atomic E-state index is -3.85. The van der Waals surface area contributed by atoms with Crippen LogP contribution >= 0.6 is 0 Å². The molecular formula is C31H38N4O7S. The predicted molar refractivity (Wildman–Crippen MR) is 160 cm³/mol. The van der Waals surface area contributed by atoms with Crippen molar-refractivity contribution in [2.75, 3.05) is 37.0 Å². The predicted octanol–water partition coefficient (Wildman–Crippen LogP) is 3.50. The molecule has 12 heteroatoms. The molecule has 1 saturated heterocycles. The smallest absolute Gasteiger partial charge is 0.286 e. The van der Waals surface area contributed by atoms with E-state index in [0.717, 1.165) is 0 Å². The molecular weight excluding hydrogens is 572 g/mol. The van der Waals surface area contributed by atoms with E-state index in [-0.39, 0.29) is 36.3 Å². The molecule has 11 nitrogen and oxygen atoms in total. The molecule has 3 aromatic rings. The number of Topliss-reactive ketones (excluding diaryl/α,β-unsaturated/α-hetero) is 1. The van der Waals surface area contributed by atoms with Crippen LogP contribution in [0, 0.1) is 5.92 Å². The number of nitrogens with zero attached hydrogens (tertiary/aromatic N) is 4. The van der Waals surface area contributed by atoms with Crippen molar-refractivity contribution in [1.82, 2.24) is 15.1 Å². The fourth-order valence-electron chi connectivity index (χ4n) is 5.10. The van der Waals surface area contributed by atoms with Crippen LogP contribution in [0.4, 0.5) is 5.69 Å². The molecule has 2 heterocycles. The van der Waals surface area contributed by atoms with Crippen LogP contribution in [0.15, 0.2) is 65.1 Å². The number of benzene rings is 2. The summed E-state index contributed by atoms with van der Waals surface area (Å²) in [7, 11) is -3.85. The fraction of sp³-hybridized carbons (Fsp3) is 0.452. The number of anilines is 1. The van der Waals surface area contributed by atoms with Crippen molar-refractivity contribution < 1.29 is 32.0 Å². The summed E-state index contributed by atoms with van der Waals surface area (Å²) in [6, 6.07) is 16.2. The van der Waals surface area contributed by atoms with Crippen LogP contribution in [0.5, 0.6) is 0 Å². The van der Waals surface area contributed by atoms with Gasteiger partial charge in [-0.15, -0.1) is 10.2 Å². The molecule has 0 spiro atoms. The van der Waals surface area contributed by atoms with E-state index in [0.29, 0.717) is 50.4 Å². The third-order valence-electron chi connectivity index (χ3n) is 7.25. The lowest BCUT2D eigenvalue weighted by Crippen LogP contribution is -2.50. The monoisotopic (exact) mass is 610 g/mol. The molecule has 2 unspecified atom stereocenters. The Hall–Kier alpha value is -3.90. The van der Waals surface area contributed by atoms with Crippen molar-refractivity contribution in [3.63, 3.8) is 0 Å². The molecule has 43 heavy (non-hydrogen) atoms. The highest BCUT2D eigenvalue weighted by Crippen LogP contribution is 2.27. The molecule has 1 aliphatic rings. The number of morpholine rings is 1. The van der Waals surface area contributed by atoms with Gasteiger partial charge in [-0.25, -0.2) is 8.42 Å². The molecule has 2 atom stereocenters. The topological polar surface area (TPSA) is 140 Å². The number of rotatable bonds is 14. The zero-order valence-electron chi connectivity index (χ0n) is 24.6. The first kappa shape index (κ1) is 32.0. The Labute approximate surface area is 252 Å². The van der Waals surface area contributed by atoms with Crippen molar-refractivity contribution in [3.8, 4) is 0 Å². The number of ether oxygens (including phenoxy) is 1. The highest BCUT2D eigenvalue weighted by Gasteiger charge is 2.40. The average molecular weight is 611 g/mol. The van der Waals surface area contributed by atoms with Crippen molar-refractivity contribution in [1.29, 1.82) is 0 Å². The molecule has 230 valence electrons. The van der Waals surface area contributed by atoms with Crippen LogP contribution < -0.4 is 4.90 Å². The Balaban J connectivity index is 1.72. The van der Waals surface area contributed by atoms with Gasteiger partial charge in [-0.05, 0) is 24.1 Å². The molecule has 0 aliphatic carbocycles. The first-order valence-corrected chi connectivity index (χ1v) is 16.4. The highest BCUT2D eigenvalue weighted by atomic mass is 32.2. The van der Waals surface area contributed by atoms with Crippen LogP contribution in [-0.4, -0.2) is 79.2 Å². The molecule has 1 aromatic heterocycles. The summed E-state index contributed by atoms with van der Waals surface area (Å²) in [6.45, 7) is 5.13. The second-order valence-electron chi connectivity index (χ2n) is 10.5. The normalized spacial score (nSPS) is 15.1. The van der Waals surface area contributed by atoms with Gasteiger partial charge in [0.05, 0.1) is 30.6 Å². The van der Waals surface area contributed by atoms with E-state index >= 15 is 0 Å². The van der Waals surface area contributed by atoms with Crippen LogP contribution in [0.1, 0.15) is 55.2 Å². The number of ketones is 1. The lowest BCUT2D eigenvalue weighted by Gasteiger charge is -2.34. The number of hydrogen-bond donors (Lipinski definition) is 0. The van der Waals surface area contributed by atoms with Crippen molar-refractivity contribution in [3.05, 3.63) is 78.0 Å². The summed E-state index contributed by atoms with van der Waals surface area (Å²) in [6.07, 6.45) is 0.893. The first-order chi connectivity index (χ1) is 20.7. The molecule has 0 saturated carbocycles. The van der Waals surface area contributed by atoms with Crippen molar-refractivity contribution >= 4 is 33.1 Å². The van der Waals surface area contributed by atoms with Gasteiger partial charge in [0.15, 0.2) is 9.84 Å². The van der Waals surface area contributed by atoms with E-state index in [2.05, 4.69) is 10.2 Å². The van der Waals surface area contributed by atoms with E-state index in [1.807, 2.05) is 13.8 Å². The average Bonchev–Trinajstić information content (AvgIpc) is 3.51. The van der Waals surface area contributed by atoms with Crippen LogP contribution in [-0.2, 0) is 36.3 Å². The molecule has 4 rings (SSSR count). The number of aromatic nitrogens is 2. The van der Waals surface area contributed by atoms with Gasteiger partial charge in [0.1, 0.15) is 6.04 Å². The lowest BCUT2D eigenvalue weighted by molar-refractivity contribution is -0.138. The van der Waals surface area contributed by atoms with Gasteiger partial charge in [0, 0.05) is 31.6 Å². The third-order valence-corrected chi connectivity index (χ3v) is 8.93. The number of hydrogen-bond acceptors (Lipinski definition) is 9. The second-order valence-corrected chi connectivity index (χ2v) is 12.6. The highest BCUT2D eigenvalue weighted by molar-refractivity contribution is 7.90. The molecule has 2 amide bonds. The van der Waals surface area contributed by atoms with E-state index in [9.17, 15) is 22.8 Å². The van der Waals surface area contributed by atoms with E-state index in [1.165, 1.54) is 4.90 Å². The van der Waals surface area contributed by atoms with Crippen LogP contribution in [0.2, 0.25) is 0 Å². The quantitative estimate of drug-likeness (QED) is 0.251. The van der Waals surface area contributed by atoms with E-state index in [4.69, 9.17) is 9.15 Å². The minimum absolute atomic E-state index is 0.221. The zero-order valence-corrected chi connectivity index (χ0v) is 25.4. The number of sulfone groups is 1. The number of carbonyl (C=O) groups excluding carboxylic acids is 3. The Morgan fingerprint density at radius 3 is 2.21 bits per heavy atom. The minimum Gasteiger partial charge on any atom is -0.418 e. The van der Waals surface area contributed by atoms with Crippen LogP contribution in [0.3, 0.4) is 0 Å². The van der Waals surface area contributed by atoms with Gasteiger partial charge in [0.25, 0.3) is 5.89 Å². The Morgan fingerprint density at radius 1 is 0.953 bits per heavy atom. The van der Waals surface area contributed by atoms with Crippen molar-refractivity contribution in [2.24, 2.45) is 5.92 Å². The molecule has 1 aliphatic heterocycles. The first-order valence-electron chi connectivity index (χ1n) is 14.6. The summed E-state index contributed by atoms with van der Waals surface area (Å²) < 4.78 is 37.9. The number of carbonyl (C=O) groups is 3. The maximum atomic E-state index is 14.6. The SMILES string of the molecule is CCCC(C(=O)c1nnc(CC)o1)N(C(=O)C(CC(=O)N1CCOCC1)CS(=O)(=O)Cc1ccccc1)c1ccccc1. The van der Waals surface area contributed by atoms with Crippen LogP contribution in [0.25, 0.3) is 0 Å². The number of para-hydroxylation sites is 1. The Bertz CT molecular complexity index is 1470. The summed E-state index contributed by atoms with van der Waals surface area (Å²) >= 11 is 0. The van der Waals surface area contributed by atoms with Gasteiger partial charge >= 0.3 is 0 Å². The zero-order chi connectivity index (χ0) is 30.8. The van der Waals surface area contributed by atoms with Gasteiger partial charge in [-0.2, -0.15) is 0 Å². The Morgan fingerprint density at radius 2 is 1.60 bits per heavy atom.